The van der Waals surface area contributed by atoms with Gasteiger partial charge in [-0.3, -0.25) is 15.5 Å². The Kier molecular flexibility index (Phi) is 5.53. The molecule has 0 aliphatic carbocycles. The number of nitrogens with zero attached hydrogens (tertiary/aromatic N) is 2. The molecule has 2 aromatic rings. The Morgan fingerprint density at radius 1 is 1.26 bits per heavy atom. The summed E-state index contributed by atoms with van der Waals surface area (Å²) in [6.07, 6.45) is 1.44. The highest BCUT2D eigenvalue weighted by molar-refractivity contribution is 9.10. The van der Waals surface area contributed by atoms with Gasteiger partial charge in [0.2, 0.25) is 0 Å². The van der Waals surface area contributed by atoms with Crippen molar-refractivity contribution in [3.05, 3.63) is 56.5 Å². The molecule has 0 aliphatic heterocycles. The fourth-order valence-electron chi connectivity index (χ4n) is 1.92. The van der Waals surface area contributed by atoms with E-state index < -0.39 is 4.92 Å². The number of hydrogen-bond donors (Lipinski definition) is 1. The Morgan fingerprint density at radius 2 is 1.96 bits per heavy atom. The highest BCUT2D eigenvalue weighted by atomic mass is 79.9. The van der Waals surface area contributed by atoms with E-state index in [1.54, 1.807) is 0 Å². The summed E-state index contributed by atoms with van der Waals surface area (Å²) in [6, 6.07) is 10.6. The van der Waals surface area contributed by atoms with Gasteiger partial charge in [-0.15, -0.1) is 0 Å². The summed E-state index contributed by atoms with van der Waals surface area (Å²) >= 11 is 3.23. The molecule has 0 bridgehead atoms. The lowest BCUT2D eigenvalue weighted by molar-refractivity contribution is -0.385. The van der Waals surface area contributed by atoms with Crippen molar-refractivity contribution in [1.29, 1.82) is 0 Å². The number of nitro benzene ring substituents is 1. The van der Waals surface area contributed by atoms with E-state index in [0.29, 0.717) is 11.3 Å². The molecule has 2 rings (SSSR count). The third-order valence-corrected chi connectivity index (χ3v) is 3.81. The number of halogens is 1. The molecule has 7 nitrogen and oxygen atoms in total. The van der Waals surface area contributed by atoms with Gasteiger partial charge in [0.15, 0.2) is 11.5 Å². The van der Waals surface area contributed by atoms with Gasteiger partial charge in [0.05, 0.1) is 42.7 Å². The number of benzene rings is 2. The molecule has 0 atom stereocenters. The van der Waals surface area contributed by atoms with E-state index in [1.807, 2.05) is 30.3 Å². The van der Waals surface area contributed by atoms with Crippen LogP contribution in [0.1, 0.15) is 5.56 Å². The molecule has 0 aromatic heterocycles. The van der Waals surface area contributed by atoms with E-state index in [0.717, 1.165) is 5.69 Å². The Morgan fingerprint density at radius 3 is 2.52 bits per heavy atom. The van der Waals surface area contributed by atoms with Crippen LogP contribution in [0.15, 0.2) is 46.0 Å². The van der Waals surface area contributed by atoms with E-state index in [-0.39, 0.29) is 15.9 Å². The number of anilines is 1. The molecule has 0 saturated carbocycles. The van der Waals surface area contributed by atoms with Crippen molar-refractivity contribution >= 4 is 33.5 Å². The van der Waals surface area contributed by atoms with E-state index in [1.165, 1.54) is 26.5 Å². The Bertz CT molecular complexity index is 735. The molecule has 0 aliphatic rings. The fraction of sp³-hybridized carbons (Fsp3) is 0.133. The van der Waals surface area contributed by atoms with Crippen molar-refractivity contribution in [1.82, 2.24) is 0 Å². The highest BCUT2D eigenvalue weighted by Crippen LogP contribution is 2.41. The number of hydrogen-bond acceptors (Lipinski definition) is 6. The fourth-order valence-corrected chi connectivity index (χ4v) is 2.46. The first-order chi connectivity index (χ1) is 11.1. The lowest BCUT2D eigenvalue weighted by Gasteiger charge is -2.12. The van der Waals surface area contributed by atoms with E-state index in [4.69, 9.17) is 9.47 Å². The largest absolute Gasteiger partial charge is 0.493 e. The first-order valence-corrected chi connectivity index (χ1v) is 7.30. The quantitative estimate of drug-likeness (QED) is 0.468. The number of methoxy groups -OCH3 is 2. The van der Waals surface area contributed by atoms with Crippen LogP contribution in [0.5, 0.6) is 11.5 Å². The average Bonchev–Trinajstić information content (AvgIpc) is 2.56. The third kappa shape index (κ3) is 3.78. The van der Waals surface area contributed by atoms with Crippen molar-refractivity contribution in [2.45, 2.75) is 0 Å². The predicted octanol–water partition coefficient (Wildman–Crippen LogP) is 3.82. The van der Waals surface area contributed by atoms with Crippen LogP contribution in [0.25, 0.3) is 0 Å². The molecular formula is C15H14BrN3O4. The van der Waals surface area contributed by atoms with Crippen LogP contribution in [0, 0.1) is 10.1 Å². The van der Waals surface area contributed by atoms with Gasteiger partial charge in [0, 0.05) is 0 Å². The normalized spacial score (nSPS) is 10.6. The summed E-state index contributed by atoms with van der Waals surface area (Å²) in [6.45, 7) is 0. The second kappa shape index (κ2) is 7.59. The monoisotopic (exact) mass is 379 g/mol. The molecule has 23 heavy (non-hydrogen) atoms. The van der Waals surface area contributed by atoms with Crippen molar-refractivity contribution in [2.75, 3.05) is 19.6 Å². The molecule has 0 spiro atoms. The second-order valence-electron chi connectivity index (χ2n) is 4.35. The van der Waals surface area contributed by atoms with Crippen LogP contribution in [-0.4, -0.2) is 25.4 Å². The zero-order valence-corrected chi connectivity index (χ0v) is 14.0. The lowest BCUT2D eigenvalue weighted by Crippen LogP contribution is -2.01. The maximum atomic E-state index is 11.2. The molecule has 1 N–H and O–H groups in total. The Balaban J connectivity index is 2.42. The van der Waals surface area contributed by atoms with Gasteiger partial charge >= 0.3 is 0 Å². The zero-order chi connectivity index (χ0) is 16.8. The van der Waals surface area contributed by atoms with Crippen LogP contribution in [0.3, 0.4) is 0 Å². The third-order valence-electron chi connectivity index (χ3n) is 2.98. The van der Waals surface area contributed by atoms with Crippen LogP contribution in [0.4, 0.5) is 11.4 Å². The van der Waals surface area contributed by atoms with E-state index >= 15 is 0 Å². The minimum atomic E-state index is -0.506. The molecule has 2 aromatic carbocycles. The topological polar surface area (TPSA) is 86.0 Å². The smallest absolute Gasteiger partial charge is 0.288 e. The molecule has 0 heterocycles. The Hall–Kier alpha value is -2.61. The average molecular weight is 380 g/mol. The number of ether oxygens (including phenoxy) is 2. The summed E-state index contributed by atoms with van der Waals surface area (Å²) in [5.41, 5.74) is 3.90. The molecule has 120 valence electrons. The number of hydrazone groups is 1. The molecular weight excluding hydrogens is 366 g/mol. The number of nitrogens with one attached hydrogen (secondary N) is 1. The second-order valence-corrected chi connectivity index (χ2v) is 5.14. The molecule has 8 heteroatoms. The van der Waals surface area contributed by atoms with Gasteiger partial charge in [0.25, 0.3) is 5.69 Å². The molecule has 0 fully saturated rings. The molecule has 0 radical (unpaired) electrons. The summed E-state index contributed by atoms with van der Waals surface area (Å²) < 4.78 is 10.7. The minimum absolute atomic E-state index is 0.135. The number of rotatable bonds is 6. The SMILES string of the molecule is COc1cc([N+](=O)[O-])c(Br)c(C=NNc2ccccc2)c1OC. The van der Waals surface area contributed by atoms with Gasteiger partial charge in [-0.1, -0.05) is 18.2 Å². The number of para-hydroxylation sites is 1. The van der Waals surface area contributed by atoms with Gasteiger partial charge in [0.1, 0.15) is 4.47 Å². The van der Waals surface area contributed by atoms with Crippen LogP contribution < -0.4 is 14.9 Å². The van der Waals surface area contributed by atoms with Gasteiger partial charge in [-0.2, -0.15) is 5.10 Å². The van der Waals surface area contributed by atoms with Gasteiger partial charge in [-0.05, 0) is 28.1 Å². The first kappa shape index (κ1) is 16.8. The van der Waals surface area contributed by atoms with Crippen molar-refractivity contribution in [3.8, 4) is 11.5 Å². The standard InChI is InChI=1S/C15H14BrN3O4/c1-22-13-8-12(19(20)21)14(16)11(15(13)23-2)9-17-18-10-6-4-3-5-7-10/h3-9,18H,1-2H3. The minimum Gasteiger partial charge on any atom is -0.493 e. The van der Waals surface area contributed by atoms with Crippen LogP contribution in [-0.2, 0) is 0 Å². The summed E-state index contributed by atoms with van der Waals surface area (Å²) in [4.78, 5) is 10.7. The molecule has 0 amide bonds. The molecule has 0 unspecified atom stereocenters. The van der Waals surface area contributed by atoms with Gasteiger partial charge in [-0.25, -0.2) is 0 Å². The van der Waals surface area contributed by atoms with Crippen molar-refractivity contribution in [3.63, 3.8) is 0 Å². The van der Waals surface area contributed by atoms with Crippen LogP contribution in [0.2, 0.25) is 0 Å². The summed E-state index contributed by atoms with van der Waals surface area (Å²) in [7, 11) is 2.87. The van der Waals surface area contributed by atoms with Crippen molar-refractivity contribution in [2.24, 2.45) is 5.10 Å². The van der Waals surface area contributed by atoms with Crippen molar-refractivity contribution < 1.29 is 14.4 Å². The number of nitro groups is 1. The lowest BCUT2D eigenvalue weighted by atomic mass is 10.1. The van der Waals surface area contributed by atoms with Gasteiger partial charge < -0.3 is 9.47 Å². The van der Waals surface area contributed by atoms with E-state index in [9.17, 15) is 10.1 Å². The Labute approximate surface area is 141 Å². The maximum Gasteiger partial charge on any atom is 0.288 e. The van der Waals surface area contributed by atoms with E-state index in [2.05, 4.69) is 26.5 Å². The summed E-state index contributed by atoms with van der Waals surface area (Å²) in [5.74, 6) is 0.604. The first-order valence-electron chi connectivity index (χ1n) is 6.51. The molecule has 0 saturated heterocycles. The highest BCUT2D eigenvalue weighted by Gasteiger charge is 2.23. The summed E-state index contributed by atoms with van der Waals surface area (Å²) in [5, 5.41) is 15.3. The van der Waals surface area contributed by atoms with Crippen LogP contribution >= 0.6 is 15.9 Å². The maximum absolute atomic E-state index is 11.2. The predicted molar refractivity (Wildman–Crippen MR) is 91.6 cm³/mol. The zero-order valence-electron chi connectivity index (χ0n) is 12.4.